The van der Waals surface area contributed by atoms with Gasteiger partial charge in [0.1, 0.15) is 0 Å². The van der Waals surface area contributed by atoms with Crippen LogP contribution in [0.4, 0.5) is 0 Å². The van der Waals surface area contributed by atoms with Gasteiger partial charge >= 0.3 is 0 Å². The predicted molar refractivity (Wildman–Crippen MR) is 83.0 cm³/mol. The zero-order chi connectivity index (χ0) is 13.8. The smallest absolute Gasteiger partial charge is 0.251 e. The first-order valence-corrected chi connectivity index (χ1v) is 8.04. The number of nitrogens with one attached hydrogen (secondary N) is 1. The monoisotopic (exact) mass is 323 g/mol. The Hall–Kier alpha value is -0.830. The average Bonchev–Trinajstić information content (AvgIpc) is 2.41. The van der Waals surface area contributed by atoms with Gasteiger partial charge in [-0.05, 0) is 36.5 Å². The van der Waals surface area contributed by atoms with Crippen molar-refractivity contribution in [3.8, 4) is 0 Å². The van der Waals surface area contributed by atoms with Crippen LogP contribution in [0.5, 0.6) is 0 Å². The standard InChI is InChI=1S/C16H22BrNO/c1-11(2)12-7-9-13(10-8-12)16(19)18-15-6-4-3-5-14(15)17/h7-11,14-15H,3-6H2,1-2H3,(H,18,19). The van der Waals surface area contributed by atoms with Crippen molar-refractivity contribution in [2.75, 3.05) is 0 Å². The SMILES string of the molecule is CC(C)c1ccc(C(=O)NC2CCCCC2Br)cc1. The first kappa shape index (κ1) is 14.6. The molecule has 0 aromatic heterocycles. The largest absolute Gasteiger partial charge is 0.348 e. The number of hydrogen-bond acceptors (Lipinski definition) is 1. The van der Waals surface area contributed by atoms with Crippen LogP contribution in [0.3, 0.4) is 0 Å². The molecule has 2 atom stereocenters. The number of amides is 1. The Labute approximate surface area is 124 Å². The maximum atomic E-state index is 12.2. The van der Waals surface area contributed by atoms with Gasteiger partial charge in [0, 0.05) is 16.4 Å². The first-order chi connectivity index (χ1) is 9.08. The average molecular weight is 324 g/mol. The number of alkyl halides is 1. The molecule has 2 unspecified atom stereocenters. The molecule has 0 radical (unpaired) electrons. The first-order valence-electron chi connectivity index (χ1n) is 7.13. The number of halogens is 1. The third-order valence-electron chi connectivity index (χ3n) is 3.84. The Morgan fingerprint density at radius 1 is 1.21 bits per heavy atom. The Morgan fingerprint density at radius 3 is 2.42 bits per heavy atom. The molecule has 0 saturated heterocycles. The van der Waals surface area contributed by atoms with Crippen LogP contribution >= 0.6 is 15.9 Å². The molecular formula is C16H22BrNO. The molecule has 1 aliphatic rings. The second kappa shape index (κ2) is 6.56. The van der Waals surface area contributed by atoms with Crippen molar-refractivity contribution in [2.45, 2.75) is 56.3 Å². The van der Waals surface area contributed by atoms with Gasteiger partial charge in [-0.15, -0.1) is 0 Å². The van der Waals surface area contributed by atoms with Crippen LogP contribution in [0.2, 0.25) is 0 Å². The molecule has 1 amide bonds. The van der Waals surface area contributed by atoms with E-state index in [1.54, 1.807) is 0 Å². The predicted octanol–water partition coefficient (Wildman–Crippen LogP) is 4.25. The second-order valence-electron chi connectivity index (χ2n) is 5.66. The highest BCUT2D eigenvalue weighted by atomic mass is 79.9. The van der Waals surface area contributed by atoms with Crippen molar-refractivity contribution >= 4 is 21.8 Å². The van der Waals surface area contributed by atoms with Crippen LogP contribution in [0.25, 0.3) is 0 Å². The van der Waals surface area contributed by atoms with Gasteiger partial charge in [-0.1, -0.05) is 54.8 Å². The van der Waals surface area contributed by atoms with Crippen LogP contribution in [0.15, 0.2) is 24.3 Å². The zero-order valence-electron chi connectivity index (χ0n) is 11.7. The summed E-state index contributed by atoms with van der Waals surface area (Å²) >= 11 is 3.67. The van der Waals surface area contributed by atoms with Crippen LogP contribution in [0.1, 0.15) is 61.4 Å². The molecule has 0 spiro atoms. The molecule has 1 saturated carbocycles. The van der Waals surface area contributed by atoms with Crippen LogP contribution in [-0.2, 0) is 0 Å². The molecule has 2 nitrogen and oxygen atoms in total. The van der Waals surface area contributed by atoms with E-state index in [1.807, 2.05) is 24.3 Å². The van der Waals surface area contributed by atoms with E-state index < -0.39 is 0 Å². The van der Waals surface area contributed by atoms with Crippen LogP contribution in [-0.4, -0.2) is 16.8 Å². The van der Waals surface area contributed by atoms with Crippen molar-refractivity contribution in [1.29, 1.82) is 0 Å². The third kappa shape index (κ3) is 3.82. The molecule has 0 aliphatic heterocycles. The summed E-state index contributed by atoms with van der Waals surface area (Å²) in [6, 6.07) is 8.22. The molecule has 1 fully saturated rings. The minimum atomic E-state index is 0.0478. The van der Waals surface area contributed by atoms with E-state index in [9.17, 15) is 4.79 Å². The maximum Gasteiger partial charge on any atom is 0.251 e. The molecule has 1 aromatic rings. The van der Waals surface area contributed by atoms with E-state index in [4.69, 9.17) is 0 Å². The molecule has 0 bridgehead atoms. The quantitative estimate of drug-likeness (QED) is 0.828. The minimum absolute atomic E-state index is 0.0478. The molecule has 2 rings (SSSR count). The Morgan fingerprint density at radius 2 is 1.84 bits per heavy atom. The van der Waals surface area contributed by atoms with E-state index in [1.165, 1.54) is 18.4 Å². The Kier molecular flexibility index (Phi) is 5.03. The Balaban J connectivity index is 1.99. The summed E-state index contributed by atoms with van der Waals surface area (Å²) < 4.78 is 0. The molecule has 0 heterocycles. The van der Waals surface area contributed by atoms with E-state index in [0.29, 0.717) is 10.7 Å². The van der Waals surface area contributed by atoms with Crippen LogP contribution in [0, 0.1) is 0 Å². The number of rotatable bonds is 3. The van der Waals surface area contributed by atoms with Crippen LogP contribution < -0.4 is 5.32 Å². The molecule has 1 aromatic carbocycles. The van der Waals surface area contributed by atoms with Gasteiger partial charge in [0.2, 0.25) is 0 Å². The van der Waals surface area contributed by atoms with Gasteiger partial charge in [0.25, 0.3) is 5.91 Å². The summed E-state index contributed by atoms with van der Waals surface area (Å²) in [4.78, 5) is 12.6. The third-order valence-corrected chi connectivity index (χ3v) is 4.93. The fourth-order valence-electron chi connectivity index (χ4n) is 2.52. The number of carbonyl (C=O) groups is 1. The topological polar surface area (TPSA) is 29.1 Å². The van der Waals surface area contributed by atoms with Gasteiger partial charge < -0.3 is 5.32 Å². The molecule has 1 aliphatic carbocycles. The summed E-state index contributed by atoms with van der Waals surface area (Å²) in [6.45, 7) is 4.32. The molecule has 1 N–H and O–H groups in total. The second-order valence-corrected chi connectivity index (χ2v) is 6.83. The fraction of sp³-hybridized carbons (Fsp3) is 0.562. The van der Waals surface area contributed by atoms with Crippen molar-refractivity contribution < 1.29 is 4.79 Å². The van der Waals surface area contributed by atoms with Gasteiger partial charge in [0.05, 0.1) is 0 Å². The molecule has 104 valence electrons. The van der Waals surface area contributed by atoms with Gasteiger partial charge in [0.15, 0.2) is 0 Å². The highest BCUT2D eigenvalue weighted by molar-refractivity contribution is 9.09. The molecular weight excluding hydrogens is 302 g/mol. The zero-order valence-corrected chi connectivity index (χ0v) is 13.2. The van der Waals surface area contributed by atoms with E-state index in [0.717, 1.165) is 18.4 Å². The summed E-state index contributed by atoms with van der Waals surface area (Å²) in [5.74, 6) is 0.550. The van der Waals surface area contributed by atoms with Gasteiger partial charge in [-0.2, -0.15) is 0 Å². The lowest BCUT2D eigenvalue weighted by molar-refractivity contribution is 0.0930. The lowest BCUT2D eigenvalue weighted by atomic mass is 9.95. The van der Waals surface area contributed by atoms with Crippen molar-refractivity contribution in [1.82, 2.24) is 5.32 Å². The van der Waals surface area contributed by atoms with E-state index in [-0.39, 0.29) is 11.9 Å². The Bertz CT molecular complexity index is 427. The van der Waals surface area contributed by atoms with Crippen molar-refractivity contribution in [3.05, 3.63) is 35.4 Å². The lowest BCUT2D eigenvalue weighted by Gasteiger charge is -2.28. The van der Waals surface area contributed by atoms with Gasteiger partial charge in [-0.25, -0.2) is 0 Å². The van der Waals surface area contributed by atoms with Gasteiger partial charge in [-0.3, -0.25) is 4.79 Å². The van der Waals surface area contributed by atoms with E-state index in [2.05, 4.69) is 35.1 Å². The maximum absolute atomic E-state index is 12.2. The summed E-state index contributed by atoms with van der Waals surface area (Å²) in [5.41, 5.74) is 2.03. The normalized spacial score (nSPS) is 23.4. The molecule has 3 heteroatoms. The van der Waals surface area contributed by atoms with Crippen molar-refractivity contribution in [3.63, 3.8) is 0 Å². The van der Waals surface area contributed by atoms with E-state index >= 15 is 0 Å². The fourth-order valence-corrected chi connectivity index (χ4v) is 3.24. The lowest BCUT2D eigenvalue weighted by Crippen LogP contribution is -2.42. The number of hydrogen-bond donors (Lipinski definition) is 1. The summed E-state index contributed by atoms with van der Waals surface area (Å²) in [5, 5.41) is 3.15. The minimum Gasteiger partial charge on any atom is -0.348 e. The summed E-state index contributed by atoms with van der Waals surface area (Å²) in [6.07, 6.45) is 4.69. The van der Waals surface area contributed by atoms with Crippen molar-refractivity contribution in [2.24, 2.45) is 0 Å². The highest BCUT2D eigenvalue weighted by Crippen LogP contribution is 2.24. The number of benzene rings is 1. The summed E-state index contributed by atoms with van der Waals surface area (Å²) in [7, 11) is 0. The number of carbonyl (C=O) groups excluding carboxylic acids is 1. The molecule has 19 heavy (non-hydrogen) atoms. The highest BCUT2D eigenvalue weighted by Gasteiger charge is 2.24.